The van der Waals surface area contributed by atoms with Crippen molar-refractivity contribution in [2.75, 3.05) is 31.9 Å². The van der Waals surface area contributed by atoms with E-state index >= 15 is 0 Å². The summed E-state index contributed by atoms with van der Waals surface area (Å²) in [4.78, 5) is 34.0. The second kappa shape index (κ2) is 8.55. The number of para-hydroxylation sites is 2. The zero-order chi connectivity index (χ0) is 19.5. The van der Waals surface area contributed by atoms with Crippen molar-refractivity contribution < 1.29 is 9.59 Å². The van der Waals surface area contributed by atoms with Crippen molar-refractivity contribution in [3.63, 3.8) is 0 Å². The van der Waals surface area contributed by atoms with E-state index in [-0.39, 0.29) is 18.4 Å². The third-order valence-electron chi connectivity index (χ3n) is 5.71. The van der Waals surface area contributed by atoms with E-state index in [1.807, 2.05) is 38.6 Å². The van der Waals surface area contributed by atoms with Gasteiger partial charge in [0.05, 0.1) is 16.8 Å². The lowest BCUT2D eigenvalue weighted by molar-refractivity contribution is -0.131. The Morgan fingerprint density at radius 1 is 1.07 bits per heavy atom. The zero-order valence-electron chi connectivity index (χ0n) is 16.5. The fraction of sp³-hybridized carbons (Fsp3) is 0.571. The summed E-state index contributed by atoms with van der Waals surface area (Å²) in [5.41, 5.74) is 1.83. The Morgan fingerprint density at radius 3 is 2.61 bits per heavy atom. The van der Waals surface area contributed by atoms with Gasteiger partial charge in [-0.1, -0.05) is 30.8 Å². The highest BCUT2D eigenvalue weighted by atomic mass is 32.2. The molecular formula is C21H28N4O2S. The summed E-state index contributed by atoms with van der Waals surface area (Å²) in [6, 6.07) is 7.88. The Hall–Kier alpha value is -2.02. The first-order chi connectivity index (χ1) is 13.6. The second-order valence-electron chi connectivity index (χ2n) is 7.93. The van der Waals surface area contributed by atoms with Gasteiger partial charge in [-0.25, -0.2) is 4.98 Å². The van der Waals surface area contributed by atoms with Gasteiger partial charge in [0, 0.05) is 26.2 Å². The third kappa shape index (κ3) is 4.19. The van der Waals surface area contributed by atoms with Crippen LogP contribution >= 0.6 is 11.8 Å². The number of carbonyl (C=O) groups is 2. The number of likely N-dealkylation sites (tertiary alicyclic amines) is 2. The first-order valence-electron chi connectivity index (χ1n) is 10.3. The second-order valence-corrected chi connectivity index (χ2v) is 8.88. The molecule has 0 spiro atoms. The molecule has 0 bridgehead atoms. The van der Waals surface area contributed by atoms with E-state index in [1.165, 1.54) is 18.2 Å². The molecule has 0 radical (unpaired) electrons. The van der Waals surface area contributed by atoms with Crippen molar-refractivity contribution in [3.05, 3.63) is 24.3 Å². The Morgan fingerprint density at radius 2 is 1.82 bits per heavy atom. The van der Waals surface area contributed by atoms with Crippen LogP contribution in [0.3, 0.4) is 0 Å². The molecule has 0 saturated carbocycles. The first-order valence-corrected chi connectivity index (χ1v) is 11.2. The average molecular weight is 401 g/mol. The normalized spacial score (nSPS) is 20.1. The van der Waals surface area contributed by atoms with Crippen molar-refractivity contribution in [1.82, 2.24) is 19.4 Å². The molecule has 2 aliphatic rings. The molecule has 1 aromatic carbocycles. The third-order valence-corrected chi connectivity index (χ3v) is 6.67. The Kier molecular flexibility index (Phi) is 5.90. The minimum absolute atomic E-state index is 0.138. The van der Waals surface area contributed by atoms with Crippen molar-refractivity contribution >= 4 is 34.6 Å². The number of carbonyl (C=O) groups excluding carboxylic acids is 2. The van der Waals surface area contributed by atoms with Crippen molar-refractivity contribution in [2.24, 2.45) is 5.92 Å². The molecule has 28 heavy (non-hydrogen) atoms. The fourth-order valence-corrected chi connectivity index (χ4v) is 5.07. The molecule has 2 aliphatic heterocycles. The summed E-state index contributed by atoms with van der Waals surface area (Å²) >= 11 is 1.45. The molecule has 1 atom stereocenters. The van der Waals surface area contributed by atoms with Crippen LogP contribution in [0.4, 0.5) is 0 Å². The van der Waals surface area contributed by atoms with Gasteiger partial charge < -0.3 is 14.4 Å². The SMILES string of the molecule is C[C@@H]1CCCN(C(=O)CSc2nc3ccccc3n2CC(=O)N2CCCC2)C1. The summed E-state index contributed by atoms with van der Waals surface area (Å²) in [5.74, 6) is 1.25. The summed E-state index contributed by atoms with van der Waals surface area (Å²) in [6.45, 7) is 5.89. The summed E-state index contributed by atoms with van der Waals surface area (Å²) in [6.07, 6.45) is 4.45. The monoisotopic (exact) mass is 400 g/mol. The van der Waals surface area contributed by atoms with Crippen LogP contribution < -0.4 is 0 Å². The van der Waals surface area contributed by atoms with Crippen LogP contribution in [0.1, 0.15) is 32.6 Å². The molecule has 3 heterocycles. The fourth-order valence-electron chi connectivity index (χ4n) is 4.15. The largest absolute Gasteiger partial charge is 0.342 e. The van der Waals surface area contributed by atoms with Crippen LogP contribution in [0, 0.1) is 5.92 Å². The summed E-state index contributed by atoms with van der Waals surface area (Å²) in [5, 5.41) is 0.757. The van der Waals surface area contributed by atoms with E-state index in [4.69, 9.17) is 4.98 Å². The Bertz CT molecular complexity index is 859. The van der Waals surface area contributed by atoms with E-state index in [2.05, 4.69) is 6.92 Å². The molecule has 1 aromatic heterocycles. The number of imidazole rings is 1. The lowest BCUT2D eigenvalue weighted by Crippen LogP contribution is -2.40. The molecule has 7 heteroatoms. The Balaban J connectivity index is 1.49. The van der Waals surface area contributed by atoms with Crippen molar-refractivity contribution in [2.45, 2.75) is 44.3 Å². The van der Waals surface area contributed by atoms with E-state index in [0.717, 1.165) is 61.6 Å². The number of fused-ring (bicyclic) bond motifs is 1. The van der Waals surface area contributed by atoms with Crippen LogP contribution in [-0.4, -0.2) is 63.1 Å². The number of thioether (sulfide) groups is 1. The molecule has 2 saturated heterocycles. The number of piperidine rings is 1. The van der Waals surface area contributed by atoms with Gasteiger partial charge in [-0.2, -0.15) is 0 Å². The molecule has 2 amide bonds. The predicted molar refractivity (Wildman–Crippen MR) is 111 cm³/mol. The summed E-state index contributed by atoms with van der Waals surface area (Å²) in [7, 11) is 0. The number of aromatic nitrogens is 2. The molecule has 0 aliphatic carbocycles. The molecule has 150 valence electrons. The van der Waals surface area contributed by atoms with Crippen LogP contribution in [-0.2, 0) is 16.1 Å². The van der Waals surface area contributed by atoms with Crippen molar-refractivity contribution in [3.8, 4) is 0 Å². The molecule has 4 rings (SSSR count). The number of hydrogen-bond donors (Lipinski definition) is 0. The quantitative estimate of drug-likeness (QED) is 0.724. The van der Waals surface area contributed by atoms with Crippen LogP contribution in [0.25, 0.3) is 11.0 Å². The average Bonchev–Trinajstić information content (AvgIpc) is 3.35. The maximum Gasteiger partial charge on any atom is 0.242 e. The van der Waals surface area contributed by atoms with Gasteiger partial charge in [-0.3, -0.25) is 9.59 Å². The molecule has 2 aromatic rings. The zero-order valence-corrected chi connectivity index (χ0v) is 17.3. The van der Waals surface area contributed by atoms with Gasteiger partial charge in [-0.05, 0) is 43.7 Å². The van der Waals surface area contributed by atoms with Gasteiger partial charge in [0.15, 0.2) is 5.16 Å². The minimum atomic E-state index is 0.138. The van der Waals surface area contributed by atoms with Crippen LogP contribution in [0.2, 0.25) is 0 Å². The minimum Gasteiger partial charge on any atom is -0.342 e. The van der Waals surface area contributed by atoms with E-state index in [1.54, 1.807) is 0 Å². The van der Waals surface area contributed by atoms with Gasteiger partial charge in [0.2, 0.25) is 11.8 Å². The molecule has 6 nitrogen and oxygen atoms in total. The standard InChI is InChI=1S/C21H28N4O2S/c1-16-7-6-12-24(13-16)20(27)15-28-21-22-17-8-2-3-9-18(17)25(21)14-19(26)23-10-4-5-11-23/h2-3,8-9,16H,4-7,10-15H2,1H3/t16-/m1/s1. The van der Waals surface area contributed by atoms with E-state index < -0.39 is 0 Å². The number of nitrogens with zero attached hydrogens (tertiary/aromatic N) is 4. The maximum atomic E-state index is 12.7. The van der Waals surface area contributed by atoms with Gasteiger partial charge in [0.1, 0.15) is 6.54 Å². The first kappa shape index (κ1) is 19.3. The maximum absolute atomic E-state index is 12.7. The van der Waals surface area contributed by atoms with E-state index in [9.17, 15) is 9.59 Å². The highest BCUT2D eigenvalue weighted by molar-refractivity contribution is 7.99. The molecular weight excluding hydrogens is 372 g/mol. The Labute approximate surface area is 170 Å². The number of rotatable bonds is 5. The molecule has 0 N–H and O–H groups in total. The van der Waals surface area contributed by atoms with Crippen molar-refractivity contribution in [1.29, 1.82) is 0 Å². The lowest BCUT2D eigenvalue weighted by Gasteiger charge is -2.30. The van der Waals surface area contributed by atoms with Gasteiger partial charge in [-0.15, -0.1) is 0 Å². The highest BCUT2D eigenvalue weighted by Gasteiger charge is 2.24. The molecule has 0 unspecified atom stereocenters. The van der Waals surface area contributed by atoms with Crippen LogP contribution in [0.15, 0.2) is 29.4 Å². The number of benzene rings is 1. The van der Waals surface area contributed by atoms with Gasteiger partial charge >= 0.3 is 0 Å². The number of amides is 2. The van der Waals surface area contributed by atoms with Crippen LogP contribution in [0.5, 0.6) is 0 Å². The predicted octanol–water partition coefficient (Wildman–Crippen LogP) is 3.01. The van der Waals surface area contributed by atoms with Gasteiger partial charge in [0.25, 0.3) is 0 Å². The summed E-state index contributed by atoms with van der Waals surface area (Å²) < 4.78 is 1.98. The number of hydrogen-bond acceptors (Lipinski definition) is 4. The lowest BCUT2D eigenvalue weighted by atomic mass is 10.0. The highest BCUT2D eigenvalue weighted by Crippen LogP contribution is 2.26. The van der Waals surface area contributed by atoms with E-state index in [0.29, 0.717) is 11.7 Å². The topological polar surface area (TPSA) is 58.4 Å². The molecule has 2 fully saturated rings. The smallest absolute Gasteiger partial charge is 0.242 e.